The van der Waals surface area contributed by atoms with E-state index in [9.17, 15) is 9.18 Å². The number of ether oxygens (including phenoxy) is 2. The van der Waals surface area contributed by atoms with E-state index in [4.69, 9.17) is 9.47 Å². The summed E-state index contributed by atoms with van der Waals surface area (Å²) in [5, 5.41) is 0. The van der Waals surface area contributed by atoms with Gasteiger partial charge in [0, 0.05) is 12.0 Å². The molecule has 0 unspecified atom stereocenters. The number of carbonyl (C=O) groups is 1. The Balaban J connectivity index is 1.65. The third-order valence-electron chi connectivity index (χ3n) is 5.18. The van der Waals surface area contributed by atoms with Crippen molar-refractivity contribution in [2.45, 2.75) is 39.2 Å². The van der Waals surface area contributed by atoms with E-state index < -0.39 is 0 Å². The van der Waals surface area contributed by atoms with Crippen molar-refractivity contribution >= 4 is 5.97 Å². The second-order valence-electron chi connectivity index (χ2n) is 7.27. The molecule has 0 saturated heterocycles. The van der Waals surface area contributed by atoms with Gasteiger partial charge >= 0.3 is 5.97 Å². The summed E-state index contributed by atoms with van der Waals surface area (Å²) >= 11 is 0. The highest BCUT2D eigenvalue weighted by Crippen LogP contribution is 2.39. The summed E-state index contributed by atoms with van der Waals surface area (Å²) < 4.78 is 25.1. The van der Waals surface area contributed by atoms with Crippen molar-refractivity contribution in [3.63, 3.8) is 0 Å². The van der Waals surface area contributed by atoms with E-state index in [1.165, 1.54) is 12.1 Å². The standard InChI is InChI=1S/C25H23FO3/c1-2-3-8-18-12-13-23-21(15-19-9-4-5-11-22(19)29-23)24(18)25(27)28-16-17-7-6-10-20(26)14-17/h4-7,9-14H,2-3,8,15-16H2,1H3. The van der Waals surface area contributed by atoms with Crippen molar-refractivity contribution in [3.05, 3.63) is 94.3 Å². The zero-order valence-corrected chi connectivity index (χ0v) is 16.4. The minimum absolute atomic E-state index is 0.0327. The fraction of sp³-hybridized carbons (Fsp3) is 0.240. The van der Waals surface area contributed by atoms with Crippen LogP contribution in [0.2, 0.25) is 0 Å². The minimum Gasteiger partial charge on any atom is -0.457 e. The van der Waals surface area contributed by atoms with Gasteiger partial charge in [0.15, 0.2) is 0 Å². The first-order chi connectivity index (χ1) is 14.2. The number of hydrogen-bond acceptors (Lipinski definition) is 3. The third kappa shape index (κ3) is 4.16. The zero-order valence-electron chi connectivity index (χ0n) is 16.4. The molecule has 0 aliphatic carbocycles. The Labute approximate surface area is 170 Å². The highest BCUT2D eigenvalue weighted by atomic mass is 19.1. The van der Waals surface area contributed by atoms with Gasteiger partial charge in [0.1, 0.15) is 23.9 Å². The molecule has 3 nitrogen and oxygen atoms in total. The predicted molar refractivity (Wildman–Crippen MR) is 110 cm³/mol. The Morgan fingerprint density at radius 1 is 1.07 bits per heavy atom. The SMILES string of the molecule is CCCCc1ccc2c(c1C(=O)OCc1cccc(F)c1)Cc1ccccc1O2. The molecule has 29 heavy (non-hydrogen) atoms. The summed E-state index contributed by atoms with van der Waals surface area (Å²) in [6, 6.07) is 17.9. The molecule has 0 N–H and O–H groups in total. The van der Waals surface area contributed by atoms with Crippen molar-refractivity contribution in [3.8, 4) is 11.5 Å². The van der Waals surface area contributed by atoms with Crippen LogP contribution in [0.3, 0.4) is 0 Å². The lowest BCUT2D eigenvalue weighted by molar-refractivity contribution is 0.0469. The molecule has 0 atom stereocenters. The summed E-state index contributed by atoms with van der Waals surface area (Å²) in [5.41, 5.74) is 4.09. The van der Waals surface area contributed by atoms with Crippen LogP contribution in [0.25, 0.3) is 0 Å². The largest absolute Gasteiger partial charge is 0.457 e. The molecule has 4 rings (SSSR count). The molecule has 3 aromatic rings. The summed E-state index contributed by atoms with van der Waals surface area (Å²) in [4.78, 5) is 13.1. The second kappa shape index (κ2) is 8.48. The van der Waals surface area contributed by atoms with E-state index in [0.29, 0.717) is 23.3 Å². The molecular weight excluding hydrogens is 367 g/mol. The molecule has 148 valence electrons. The van der Waals surface area contributed by atoms with Crippen molar-refractivity contribution in [2.24, 2.45) is 0 Å². The van der Waals surface area contributed by atoms with Gasteiger partial charge in [-0.3, -0.25) is 0 Å². The van der Waals surface area contributed by atoms with Gasteiger partial charge < -0.3 is 9.47 Å². The predicted octanol–water partition coefficient (Wildman–Crippen LogP) is 6.22. The highest BCUT2D eigenvalue weighted by Gasteiger charge is 2.26. The van der Waals surface area contributed by atoms with Crippen LogP contribution in [0.4, 0.5) is 4.39 Å². The van der Waals surface area contributed by atoms with Crippen LogP contribution in [0.1, 0.15) is 52.4 Å². The monoisotopic (exact) mass is 390 g/mol. The van der Waals surface area contributed by atoms with E-state index >= 15 is 0 Å². The van der Waals surface area contributed by atoms with Crippen LogP contribution in [-0.2, 0) is 24.2 Å². The molecule has 1 aliphatic heterocycles. The van der Waals surface area contributed by atoms with E-state index in [1.807, 2.05) is 36.4 Å². The first-order valence-electron chi connectivity index (χ1n) is 9.97. The maximum Gasteiger partial charge on any atom is 0.339 e. The van der Waals surface area contributed by atoms with Crippen molar-refractivity contribution in [2.75, 3.05) is 0 Å². The number of benzene rings is 3. The second-order valence-corrected chi connectivity index (χ2v) is 7.27. The number of carbonyl (C=O) groups excluding carboxylic acids is 1. The Kier molecular flexibility index (Phi) is 5.61. The molecular formula is C25H23FO3. The number of hydrogen-bond donors (Lipinski definition) is 0. The number of halogens is 1. The average Bonchev–Trinajstić information content (AvgIpc) is 2.74. The lowest BCUT2D eigenvalue weighted by Gasteiger charge is -2.24. The molecule has 3 aromatic carbocycles. The minimum atomic E-state index is -0.389. The van der Waals surface area contributed by atoms with E-state index in [2.05, 4.69) is 6.92 Å². The lowest BCUT2D eigenvalue weighted by atomic mass is 9.90. The van der Waals surface area contributed by atoms with Crippen molar-refractivity contribution in [1.82, 2.24) is 0 Å². The molecule has 0 bridgehead atoms. The molecule has 0 spiro atoms. The fourth-order valence-corrected chi connectivity index (χ4v) is 3.68. The Morgan fingerprint density at radius 3 is 2.76 bits per heavy atom. The third-order valence-corrected chi connectivity index (χ3v) is 5.18. The molecule has 1 aliphatic rings. The molecule has 0 saturated carbocycles. The van der Waals surface area contributed by atoms with Gasteiger partial charge in [0.2, 0.25) is 0 Å². The number of unbranched alkanes of at least 4 members (excludes halogenated alkanes) is 1. The summed E-state index contributed by atoms with van der Waals surface area (Å²) in [6.07, 6.45) is 3.44. The first kappa shape index (κ1) is 19.2. The van der Waals surface area contributed by atoms with Crippen LogP contribution < -0.4 is 4.74 Å². The zero-order chi connectivity index (χ0) is 20.2. The lowest BCUT2D eigenvalue weighted by Crippen LogP contribution is -2.15. The van der Waals surface area contributed by atoms with Crippen LogP contribution in [0, 0.1) is 5.82 Å². The maximum absolute atomic E-state index is 13.4. The van der Waals surface area contributed by atoms with Gasteiger partial charge in [-0.15, -0.1) is 0 Å². The quantitative estimate of drug-likeness (QED) is 0.367. The molecule has 4 heteroatoms. The topological polar surface area (TPSA) is 35.5 Å². The van der Waals surface area contributed by atoms with Crippen LogP contribution in [0.5, 0.6) is 11.5 Å². The van der Waals surface area contributed by atoms with Gasteiger partial charge in [0.05, 0.1) is 5.56 Å². The van der Waals surface area contributed by atoms with Crippen LogP contribution in [0.15, 0.2) is 60.7 Å². The Morgan fingerprint density at radius 2 is 1.93 bits per heavy atom. The normalized spacial score (nSPS) is 11.9. The number of aryl methyl sites for hydroxylation is 1. The summed E-state index contributed by atoms with van der Waals surface area (Å²) in [7, 11) is 0. The van der Waals surface area contributed by atoms with Crippen LogP contribution >= 0.6 is 0 Å². The van der Waals surface area contributed by atoms with Crippen LogP contribution in [-0.4, -0.2) is 5.97 Å². The molecule has 0 aromatic heterocycles. The first-order valence-corrected chi connectivity index (χ1v) is 9.97. The van der Waals surface area contributed by atoms with E-state index in [1.54, 1.807) is 12.1 Å². The van der Waals surface area contributed by atoms with E-state index in [-0.39, 0.29) is 18.4 Å². The fourth-order valence-electron chi connectivity index (χ4n) is 3.68. The van der Waals surface area contributed by atoms with Crippen molar-refractivity contribution in [1.29, 1.82) is 0 Å². The molecule has 0 amide bonds. The van der Waals surface area contributed by atoms with Crippen molar-refractivity contribution < 1.29 is 18.7 Å². The number of rotatable bonds is 6. The summed E-state index contributed by atoms with van der Waals surface area (Å²) in [5.74, 6) is 0.784. The van der Waals surface area contributed by atoms with Gasteiger partial charge in [-0.05, 0) is 53.8 Å². The van der Waals surface area contributed by atoms with Gasteiger partial charge in [-0.1, -0.05) is 49.7 Å². The maximum atomic E-state index is 13.4. The van der Waals surface area contributed by atoms with Gasteiger partial charge in [-0.25, -0.2) is 9.18 Å². The molecule has 1 heterocycles. The number of esters is 1. The molecule has 0 radical (unpaired) electrons. The summed E-state index contributed by atoms with van der Waals surface area (Å²) in [6.45, 7) is 2.16. The molecule has 0 fully saturated rings. The van der Waals surface area contributed by atoms with Gasteiger partial charge in [0.25, 0.3) is 0 Å². The average molecular weight is 390 g/mol. The smallest absolute Gasteiger partial charge is 0.339 e. The number of fused-ring (bicyclic) bond motifs is 2. The Hall–Kier alpha value is -3.14. The highest BCUT2D eigenvalue weighted by molar-refractivity contribution is 5.94. The number of para-hydroxylation sites is 1. The van der Waals surface area contributed by atoms with Gasteiger partial charge in [-0.2, -0.15) is 0 Å². The van der Waals surface area contributed by atoms with E-state index in [0.717, 1.165) is 41.7 Å². The Bertz CT molecular complexity index is 1040.